The Morgan fingerprint density at radius 1 is 1.17 bits per heavy atom. The van der Waals surface area contributed by atoms with Gasteiger partial charge < -0.3 is 9.15 Å². The number of ether oxygens (including phenoxy) is 1. The van der Waals surface area contributed by atoms with Gasteiger partial charge in [0.1, 0.15) is 0 Å². The number of aryl methyl sites for hydroxylation is 2. The van der Waals surface area contributed by atoms with Gasteiger partial charge in [-0.3, -0.25) is 0 Å². The fourth-order valence-electron chi connectivity index (χ4n) is 2.11. The Balaban J connectivity index is 1.95. The molecule has 120 valence electrons. The van der Waals surface area contributed by atoms with Crippen LogP contribution in [0.5, 0.6) is 11.6 Å². The van der Waals surface area contributed by atoms with E-state index in [0.29, 0.717) is 29.2 Å². The Labute approximate surface area is 129 Å². The first-order valence-electron chi connectivity index (χ1n) is 6.98. The van der Waals surface area contributed by atoms with Crippen molar-refractivity contribution < 1.29 is 22.3 Å². The SMILES string of the molecule is CCc1nc2c(Oc3ccc(C(F)(F)F)cn3)ccc(C)c2o1. The third kappa shape index (κ3) is 2.99. The number of benzene rings is 1. The predicted molar refractivity (Wildman–Crippen MR) is 77.4 cm³/mol. The number of rotatable bonds is 3. The highest BCUT2D eigenvalue weighted by Crippen LogP contribution is 2.33. The van der Waals surface area contributed by atoms with Crippen molar-refractivity contribution in [2.45, 2.75) is 26.4 Å². The molecule has 4 nitrogen and oxygen atoms in total. The van der Waals surface area contributed by atoms with Gasteiger partial charge in [-0.1, -0.05) is 13.0 Å². The quantitative estimate of drug-likeness (QED) is 0.688. The van der Waals surface area contributed by atoms with Crippen LogP contribution in [0.15, 0.2) is 34.9 Å². The van der Waals surface area contributed by atoms with Gasteiger partial charge in [0.25, 0.3) is 0 Å². The highest BCUT2D eigenvalue weighted by molar-refractivity contribution is 5.83. The minimum absolute atomic E-state index is 0.0594. The lowest BCUT2D eigenvalue weighted by molar-refractivity contribution is -0.137. The molecule has 0 amide bonds. The highest BCUT2D eigenvalue weighted by atomic mass is 19.4. The van der Waals surface area contributed by atoms with Crippen LogP contribution in [0.2, 0.25) is 0 Å². The molecule has 0 fully saturated rings. The standard InChI is InChI=1S/C16H13F3N2O2/c1-3-12-21-14-11(6-4-9(2)15(14)23-12)22-13-7-5-10(8-20-13)16(17,18)19/h4-8H,3H2,1-2H3. The van der Waals surface area contributed by atoms with Gasteiger partial charge in [-0.25, -0.2) is 9.97 Å². The molecule has 0 saturated carbocycles. The molecule has 0 atom stereocenters. The fourth-order valence-corrected chi connectivity index (χ4v) is 2.11. The smallest absolute Gasteiger partial charge is 0.417 e. The maximum atomic E-state index is 12.5. The van der Waals surface area contributed by atoms with Crippen molar-refractivity contribution in [2.75, 3.05) is 0 Å². The Kier molecular flexibility index (Phi) is 3.71. The van der Waals surface area contributed by atoms with Gasteiger partial charge in [-0.2, -0.15) is 13.2 Å². The van der Waals surface area contributed by atoms with Crippen LogP contribution in [-0.2, 0) is 12.6 Å². The highest BCUT2D eigenvalue weighted by Gasteiger charge is 2.30. The average molecular weight is 322 g/mol. The zero-order chi connectivity index (χ0) is 16.6. The number of halogens is 3. The zero-order valence-corrected chi connectivity index (χ0v) is 12.4. The molecule has 0 radical (unpaired) electrons. The summed E-state index contributed by atoms with van der Waals surface area (Å²) in [5.74, 6) is 1.02. The van der Waals surface area contributed by atoms with Crippen LogP contribution >= 0.6 is 0 Å². The Morgan fingerprint density at radius 2 is 1.96 bits per heavy atom. The van der Waals surface area contributed by atoms with Gasteiger partial charge >= 0.3 is 6.18 Å². The molecule has 0 saturated heterocycles. The van der Waals surface area contributed by atoms with E-state index in [9.17, 15) is 13.2 Å². The largest absolute Gasteiger partial charge is 0.440 e. The van der Waals surface area contributed by atoms with E-state index in [1.54, 1.807) is 12.1 Å². The van der Waals surface area contributed by atoms with Gasteiger partial charge in [0.05, 0.1) is 5.56 Å². The molecular formula is C16H13F3N2O2. The summed E-state index contributed by atoms with van der Waals surface area (Å²) in [4.78, 5) is 8.04. The van der Waals surface area contributed by atoms with Crippen molar-refractivity contribution in [3.8, 4) is 11.6 Å². The number of fused-ring (bicyclic) bond motifs is 1. The van der Waals surface area contributed by atoms with E-state index in [4.69, 9.17) is 9.15 Å². The fraction of sp³-hybridized carbons (Fsp3) is 0.250. The molecule has 2 aromatic heterocycles. The van der Waals surface area contributed by atoms with Gasteiger partial charge in [0, 0.05) is 18.7 Å². The molecule has 0 bridgehead atoms. The predicted octanol–water partition coefficient (Wildman–Crippen LogP) is 4.90. The summed E-state index contributed by atoms with van der Waals surface area (Å²) in [6, 6.07) is 5.59. The Morgan fingerprint density at radius 3 is 2.57 bits per heavy atom. The number of oxazole rings is 1. The summed E-state index contributed by atoms with van der Waals surface area (Å²) < 4.78 is 48.8. The summed E-state index contributed by atoms with van der Waals surface area (Å²) in [5.41, 5.74) is 1.21. The maximum Gasteiger partial charge on any atom is 0.417 e. The molecule has 2 heterocycles. The van der Waals surface area contributed by atoms with E-state index in [1.165, 1.54) is 6.07 Å². The molecular weight excluding hydrogens is 309 g/mol. The molecule has 0 aliphatic rings. The Bertz CT molecular complexity index is 839. The van der Waals surface area contributed by atoms with Gasteiger partial charge in [-0.05, 0) is 24.6 Å². The van der Waals surface area contributed by atoms with E-state index in [2.05, 4.69) is 9.97 Å². The molecule has 3 rings (SSSR count). The van der Waals surface area contributed by atoms with Crippen LogP contribution in [0.3, 0.4) is 0 Å². The minimum atomic E-state index is -4.43. The second-order valence-electron chi connectivity index (χ2n) is 5.00. The normalized spacial score (nSPS) is 11.9. The van der Waals surface area contributed by atoms with Crippen LogP contribution in [0.25, 0.3) is 11.1 Å². The molecule has 3 aromatic rings. The lowest BCUT2D eigenvalue weighted by atomic mass is 10.2. The van der Waals surface area contributed by atoms with E-state index in [-0.39, 0.29) is 5.88 Å². The number of alkyl halides is 3. The number of hydrogen-bond donors (Lipinski definition) is 0. The molecule has 1 aromatic carbocycles. The molecule has 0 aliphatic carbocycles. The minimum Gasteiger partial charge on any atom is -0.440 e. The lowest BCUT2D eigenvalue weighted by Gasteiger charge is -2.08. The summed E-state index contributed by atoms with van der Waals surface area (Å²) in [6.45, 7) is 3.80. The second-order valence-corrected chi connectivity index (χ2v) is 5.00. The summed E-state index contributed by atoms with van der Waals surface area (Å²) in [7, 11) is 0. The lowest BCUT2D eigenvalue weighted by Crippen LogP contribution is -2.05. The summed E-state index contributed by atoms with van der Waals surface area (Å²) in [5, 5.41) is 0. The molecule has 7 heteroatoms. The van der Waals surface area contributed by atoms with Crippen LogP contribution < -0.4 is 4.74 Å². The molecule has 0 spiro atoms. The van der Waals surface area contributed by atoms with Crippen LogP contribution in [-0.4, -0.2) is 9.97 Å². The zero-order valence-electron chi connectivity index (χ0n) is 12.4. The van der Waals surface area contributed by atoms with Crippen molar-refractivity contribution in [1.82, 2.24) is 9.97 Å². The van der Waals surface area contributed by atoms with Crippen molar-refractivity contribution in [2.24, 2.45) is 0 Å². The van der Waals surface area contributed by atoms with E-state index < -0.39 is 11.7 Å². The average Bonchev–Trinajstić information content (AvgIpc) is 2.95. The maximum absolute atomic E-state index is 12.5. The van der Waals surface area contributed by atoms with E-state index in [1.807, 2.05) is 13.8 Å². The first-order chi connectivity index (χ1) is 10.9. The van der Waals surface area contributed by atoms with Gasteiger partial charge in [0.2, 0.25) is 5.88 Å². The summed E-state index contributed by atoms with van der Waals surface area (Å²) in [6.07, 6.45) is -3.06. The van der Waals surface area contributed by atoms with Crippen molar-refractivity contribution >= 4 is 11.1 Å². The van der Waals surface area contributed by atoms with Gasteiger partial charge in [-0.15, -0.1) is 0 Å². The second kappa shape index (κ2) is 5.57. The number of hydrogen-bond acceptors (Lipinski definition) is 4. The molecule has 23 heavy (non-hydrogen) atoms. The Hall–Kier alpha value is -2.57. The molecule has 0 unspecified atom stereocenters. The monoisotopic (exact) mass is 322 g/mol. The van der Waals surface area contributed by atoms with Crippen LogP contribution in [0.1, 0.15) is 23.9 Å². The number of pyridine rings is 1. The van der Waals surface area contributed by atoms with Crippen molar-refractivity contribution in [3.05, 3.63) is 47.5 Å². The number of aromatic nitrogens is 2. The number of nitrogens with zero attached hydrogens (tertiary/aromatic N) is 2. The van der Waals surface area contributed by atoms with Gasteiger partial charge in [0.15, 0.2) is 22.7 Å². The molecule has 0 aliphatic heterocycles. The first kappa shape index (κ1) is 15.3. The topological polar surface area (TPSA) is 48.2 Å². The van der Waals surface area contributed by atoms with Crippen LogP contribution in [0.4, 0.5) is 13.2 Å². The first-order valence-corrected chi connectivity index (χ1v) is 6.98. The van der Waals surface area contributed by atoms with E-state index >= 15 is 0 Å². The third-order valence-electron chi connectivity index (χ3n) is 3.33. The third-order valence-corrected chi connectivity index (χ3v) is 3.33. The molecule has 0 N–H and O–H groups in total. The van der Waals surface area contributed by atoms with E-state index in [0.717, 1.165) is 17.8 Å². The van der Waals surface area contributed by atoms with Crippen molar-refractivity contribution in [3.63, 3.8) is 0 Å². The van der Waals surface area contributed by atoms with Crippen molar-refractivity contribution in [1.29, 1.82) is 0 Å². The summed E-state index contributed by atoms with van der Waals surface area (Å²) >= 11 is 0. The van der Waals surface area contributed by atoms with Crippen LogP contribution in [0, 0.1) is 6.92 Å².